The van der Waals surface area contributed by atoms with Gasteiger partial charge in [-0.25, -0.2) is 0 Å². The van der Waals surface area contributed by atoms with Gasteiger partial charge in [0.2, 0.25) is 0 Å². The fourth-order valence-corrected chi connectivity index (χ4v) is 2.99. The fourth-order valence-electron chi connectivity index (χ4n) is 2.99. The number of benzene rings is 1. The summed E-state index contributed by atoms with van der Waals surface area (Å²) >= 11 is 0. The molecule has 0 heterocycles. The molecular formula is C17H28N2O. The van der Waals surface area contributed by atoms with E-state index >= 15 is 0 Å². The monoisotopic (exact) mass is 276 g/mol. The first-order chi connectivity index (χ1) is 9.58. The summed E-state index contributed by atoms with van der Waals surface area (Å²) in [5.41, 5.74) is 2.15. The lowest BCUT2D eigenvalue weighted by atomic mass is 9.93. The molecule has 2 N–H and O–H groups in total. The lowest BCUT2D eigenvalue weighted by Crippen LogP contribution is -2.41. The predicted octanol–water partition coefficient (Wildman–Crippen LogP) is 3.10. The topological polar surface area (TPSA) is 35.5 Å². The molecule has 1 aromatic rings. The Morgan fingerprint density at radius 2 is 1.70 bits per heavy atom. The molecule has 112 valence electrons. The summed E-state index contributed by atoms with van der Waals surface area (Å²) in [6, 6.07) is 8.85. The minimum Gasteiger partial charge on any atom is -0.387 e. The van der Waals surface area contributed by atoms with E-state index in [9.17, 15) is 5.11 Å². The minimum atomic E-state index is -0.437. The zero-order valence-electron chi connectivity index (χ0n) is 13.0. The molecular weight excluding hydrogens is 248 g/mol. The van der Waals surface area contributed by atoms with Gasteiger partial charge in [0.1, 0.15) is 0 Å². The smallest absolute Gasteiger partial charge is 0.0940 e. The highest BCUT2D eigenvalue weighted by Crippen LogP contribution is 2.23. The van der Waals surface area contributed by atoms with Crippen molar-refractivity contribution in [2.45, 2.75) is 57.2 Å². The molecule has 1 fully saturated rings. The standard InChI is InChI=1S/C17H28N2O/c1-13(18-15-7-5-4-6-8-15)17(20)14-9-11-16(12-10-14)19(2)3/h9-13,15,17-18,20H,4-8H2,1-3H3. The fraction of sp³-hybridized carbons (Fsp3) is 0.647. The van der Waals surface area contributed by atoms with Crippen LogP contribution in [0.5, 0.6) is 0 Å². The van der Waals surface area contributed by atoms with Gasteiger partial charge in [0.15, 0.2) is 0 Å². The van der Waals surface area contributed by atoms with Crippen LogP contribution >= 0.6 is 0 Å². The summed E-state index contributed by atoms with van der Waals surface area (Å²) in [6.45, 7) is 2.08. The highest BCUT2D eigenvalue weighted by molar-refractivity contribution is 5.46. The molecule has 0 spiro atoms. The molecule has 0 saturated heterocycles. The zero-order valence-corrected chi connectivity index (χ0v) is 13.0. The summed E-state index contributed by atoms with van der Waals surface area (Å²) in [5.74, 6) is 0. The second-order valence-electron chi connectivity index (χ2n) is 6.22. The average Bonchev–Trinajstić information content (AvgIpc) is 2.47. The number of hydrogen-bond acceptors (Lipinski definition) is 3. The van der Waals surface area contributed by atoms with E-state index in [0.29, 0.717) is 6.04 Å². The van der Waals surface area contributed by atoms with Crippen molar-refractivity contribution in [3.8, 4) is 0 Å². The Labute approximate surface area is 123 Å². The SMILES string of the molecule is CC(NC1CCCCC1)C(O)c1ccc(N(C)C)cc1. The van der Waals surface area contributed by atoms with E-state index in [1.165, 1.54) is 32.1 Å². The third-order valence-corrected chi connectivity index (χ3v) is 4.33. The van der Waals surface area contributed by atoms with Gasteiger partial charge in [-0.15, -0.1) is 0 Å². The molecule has 20 heavy (non-hydrogen) atoms. The van der Waals surface area contributed by atoms with Crippen LogP contribution in [0.3, 0.4) is 0 Å². The quantitative estimate of drug-likeness (QED) is 0.867. The number of nitrogens with zero attached hydrogens (tertiary/aromatic N) is 1. The van der Waals surface area contributed by atoms with Crippen LogP contribution in [-0.4, -0.2) is 31.3 Å². The second kappa shape index (κ2) is 7.09. The maximum Gasteiger partial charge on any atom is 0.0940 e. The van der Waals surface area contributed by atoms with E-state index in [4.69, 9.17) is 0 Å². The van der Waals surface area contributed by atoms with Crippen molar-refractivity contribution in [1.29, 1.82) is 0 Å². The van der Waals surface area contributed by atoms with Gasteiger partial charge in [0.05, 0.1) is 6.10 Å². The van der Waals surface area contributed by atoms with Gasteiger partial charge >= 0.3 is 0 Å². The molecule has 1 aromatic carbocycles. The molecule has 0 amide bonds. The number of aliphatic hydroxyl groups excluding tert-OH is 1. The van der Waals surface area contributed by atoms with Crippen molar-refractivity contribution in [2.24, 2.45) is 0 Å². The van der Waals surface area contributed by atoms with E-state index in [1.807, 2.05) is 26.2 Å². The number of anilines is 1. The zero-order chi connectivity index (χ0) is 14.5. The number of aliphatic hydroxyl groups is 1. The van der Waals surface area contributed by atoms with Gasteiger partial charge in [-0.1, -0.05) is 31.4 Å². The highest BCUT2D eigenvalue weighted by Gasteiger charge is 2.21. The summed E-state index contributed by atoms with van der Waals surface area (Å²) in [5, 5.41) is 14.1. The van der Waals surface area contributed by atoms with Crippen molar-refractivity contribution in [3.05, 3.63) is 29.8 Å². The Morgan fingerprint density at radius 3 is 2.25 bits per heavy atom. The van der Waals surface area contributed by atoms with Gasteiger partial charge in [-0.05, 0) is 37.5 Å². The first-order valence-electron chi connectivity index (χ1n) is 7.79. The molecule has 1 aliphatic rings. The largest absolute Gasteiger partial charge is 0.387 e. The van der Waals surface area contributed by atoms with E-state index in [-0.39, 0.29) is 6.04 Å². The van der Waals surface area contributed by atoms with Crippen LogP contribution in [0, 0.1) is 0 Å². The molecule has 0 bridgehead atoms. The lowest BCUT2D eigenvalue weighted by Gasteiger charge is -2.29. The van der Waals surface area contributed by atoms with Crippen LogP contribution in [0.1, 0.15) is 50.7 Å². The number of rotatable bonds is 5. The third-order valence-electron chi connectivity index (χ3n) is 4.33. The van der Waals surface area contributed by atoms with E-state index < -0.39 is 6.10 Å². The van der Waals surface area contributed by atoms with Gasteiger partial charge in [0.25, 0.3) is 0 Å². The summed E-state index contributed by atoms with van der Waals surface area (Å²) in [7, 11) is 4.05. The molecule has 0 radical (unpaired) electrons. The summed E-state index contributed by atoms with van der Waals surface area (Å²) < 4.78 is 0. The van der Waals surface area contributed by atoms with Crippen LogP contribution < -0.4 is 10.2 Å². The average molecular weight is 276 g/mol. The minimum absolute atomic E-state index is 0.100. The van der Waals surface area contributed by atoms with Crippen LogP contribution in [-0.2, 0) is 0 Å². The maximum absolute atomic E-state index is 10.5. The Balaban J connectivity index is 1.93. The molecule has 0 aromatic heterocycles. The summed E-state index contributed by atoms with van der Waals surface area (Å²) in [4.78, 5) is 2.07. The highest BCUT2D eigenvalue weighted by atomic mass is 16.3. The second-order valence-corrected chi connectivity index (χ2v) is 6.22. The van der Waals surface area contributed by atoms with Crippen molar-refractivity contribution in [3.63, 3.8) is 0 Å². The lowest BCUT2D eigenvalue weighted by molar-refractivity contribution is 0.125. The van der Waals surface area contributed by atoms with Gasteiger partial charge in [0, 0.05) is 31.9 Å². The Bertz CT molecular complexity index is 396. The molecule has 1 aliphatic carbocycles. The first-order valence-corrected chi connectivity index (χ1v) is 7.79. The van der Waals surface area contributed by atoms with Crippen molar-refractivity contribution in [2.75, 3.05) is 19.0 Å². The Morgan fingerprint density at radius 1 is 1.10 bits per heavy atom. The maximum atomic E-state index is 10.5. The van der Waals surface area contributed by atoms with Crippen LogP contribution in [0.4, 0.5) is 5.69 Å². The van der Waals surface area contributed by atoms with Gasteiger partial charge in [-0.3, -0.25) is 0 Å². The van der Waals surface area contributed by atoms with E-state index in [0.717, 1.165) is 11.3 Å². The molecule has 2 unspecified atom stereocenters. The van der Waals surface area contributed by atoms with E-state index in [2.05, 4.69) is 29.3 Å². The van der Waals surface area contributed by atoms with Crippen molar-refractivity contribution >= 4 is 5.69 Å². The normalized spacial score (nSPS) is 19.6. The van der Waals surface area contributed by atoms with Crippen LogP contribution in [0.15, 0.2) is 24.3 Å². The Hall–Kier alpha value is -1.06. The predicted molar refractivity (Wildman–Crippen MR) is 85.2 cm³/mol. The molecule has 3 nitrogen and oxygen atoms in total. The first kappa shape index (κ1) is 15.3. The van der Waals surface area contributed by atoms with Crippen LogP contribution in [0.2, 0.25) is 0 Å². The molecule has 0 aliphatic heterocycles. The van der Waals surface area contributed by atoms with Crippen molar-refractivity contribution in [1.82, 2.24) is 5.32 Å². The number of hydrogen-bond donors (Lipinski definition) is 2. The molecule has 2 atom stereocenters. The van der Waals surface area contributed by atoms with Gasteiger partial charge < -0.3 is 15.3 Å². The van der Waals surface area contributed by atoms with Crippen molar-refractivity contribution < 1.29 is 5.11 Å². The Kier molecular flexibility index (Phi) is 5.44. The van der Waals surface area contributed by atoms with E-state index in [1.54, 1.807) is 0 Å². The summed E-state index contributed by atoms with van der Waals surface area (Å²) in [6.07, 6.45) is 6.05. The van der Waals surface area contributed by atoms with Gasteiger partial charge in [-0.2, -0.15) is 0 Å². The van der Waals surface area contributed by atoms with Crippen LogP contribution in [0.25, 0.3) is 0 Å². The molecule has 1 saturated carbocycles. The third kappa shape index (κ3) is 3.97. The molecule has 2 rings (SSSR count). The molecule has 3 heteroatoms. The number of nitrogens with one attached hydrogen (secondary N) is 1.